The highest BCUT2D eigenvalue weighted by molar-refractivity contribution is 6.17. The van der Waals surface area contributed by atoms with Gasteiger partial charge in [-0.05, 0) is 101 Å². The first-order valence-electron chi connectivity index (χ1n) is 19.7. The van der Waals surface area contributed by atoms with Crippen molar-refractivity contribution in [3.8, 4) is 61.3 Å². The van der Waals surface area contributed by atoms with E-state index in [0.29, 0.717) is 0 Å². The Morgan fingerprint density at radius 3 is 1.37 bits per heavy atom. The average molecular weight is 724 g/mol. The van der Waals surface area contributed by atoms with Crippen molar-refractivity contribution in [2.24, 2.45) is 0 Å². The summed E-state index contributed by atoms with van der Waals surface area (Å²) in [6.07, 6.45) is 2.34. The van der Waals surface area contributed by atoms with Crippen molar-refractivity contribution < 1.29 is 0 Å². The van der Waals surface area contributed by atoms with E-state index in [1.54, 1.807) is 0 Å². The van der Waals surface area contributed by atoms with Crippen LogP contribution in [0.25, 0.3) is 105 Å². The Bertz CT molecular complexity index is 3240. The smallest absolute Gasteiger partial charge is 0.0535 e. The van der Waals surface area contributed by atoms with Gasteiger partial charge < -0.3 is 4.57 Å². The summed E-state index contributed by atoms with van der Waals surface area (Å²) in [4.78, 5) is 0. The summed E-state index contributed by atoms with van der Waals surface area (Å²) in [7, 11) is 0. The van der Waals surface area contributed by atoms with Crippen molar-refractivity contribution >= 4 is 43.2 Å². The fraction of sp³-hybridized carbons (Fsp3) is 0. The molecule has 0 aliphatic carbocycles. The van der Waals surface area contributed by atoms with Crippen LogP contribution >= 0.6 is 0 Å². The number of hydrogen-bond donors (Lipinski definition) is 0. The molecule has 0 aliphatic heterocycles. The number of hydrogen-bond acceptors (Lipinski definition) is 0. The minimum Gasteiger partial charge on any atom is -0.315 e. The van der Waals surface area contributed by atoms with Gasteiger partial charge in [-0.15, -0.1) is 0 Å². The molecule has 1 aromatic heterocycles. The van der Waals surface area contributed by atoms with E-state index in [9.17, 15) is 0 Å². The van der Waals surface area contributed by atoms with Gasteiger partial charge in [0.15, 0.2) is 0 Å². The summed E-state index contributed by atoms with van der Waals surface area (Å²) < 4.78 is 2.41. The molecule has 0 fully saturated rings. The normalized spacial score (nSPS) is 11.5. The van der Waals surface area contributed by atoms with Gasteiger partial charge in [-0.25, -0.2) is 0 Å². The molecule has 1 nitrogen and oxygen atoms in total. The molecule has 0 radical (unpaired) electrons. The van der Waals surface area contributed by atoms with Crippen molar-refractivity contribution in [2.75, 3.05) is 0 Å². The molecule has 1 heteroatoms. The van der Waals surface area contributed by atoms with Crippen LogP contribution in [0.4, 0.5) is 0 Å². The van der Waals surface area contributed by atoms with Gasteiger partial charge in [0.2, 0.25) is 0 Å². The highest BCUT2D eigenvalue weighted by atomic mass is 15.0. The fourth-order valence-corrected chi connectivity index (χ4v) is 8.80. The molecule has 11 rings (SSSR count). The summed E-state index contributed by atoms with van der Waals surface area (Å²) in [6, 6.07) is 79.6. The predicted molar refractivity (Wildman–Crippen MR) is 243 cm³/mol. The molecule has 0 saturated carbocycles. The molecule has 0 bridgehead atoms. The lowest BCUT2D eigenvalue weighted by atomic mass is 9.90. The zero-order chi connectivity index (χ0) is 37.7. The van der Waals surface area contributed by atoms with Crippen LogP contribution in [0.5, 0.6) is 0 Å². The van der Waals surface area contributed by atoms with Gasteiger partial charge in [0, 0.05) is 22.5 Å². The maximum atomic E-state index is 2.41. The van der Waals surface area contributed by atoms with Crippen molar-refractivity contribution in [1.82, 2.24) is 4.57 Å². The summed E-state index contributed by atoms with van der Waals surface area (Å²) in [5.74, 6) is 0. The number of nitrogens with zero attached hydrogens (tertiary/aromatic N) is 1. The highest BCUT2D eigenvalue weighted by Crippen LogP contribution is 2.42. The first-order chi connectivity index (χ1) is 28.3. The van der Waals surface area contributed by atoms with Crippen LogP contribution in [-0.2, 0) is 0 Å². The molecule has 0 aliphatic rings. The standard InChI is InChI=1S/C56H37N/c1-3-13-38(14-4-1)40-23-25-42(26-24-40)44-31-33-56-53(35-44)54(43-29-27-41(28-30-43)39-15-5-2-6-16-39)37-57(56)55-34-32-50(48-20-11-12-22-51(48)55)52-36-45-17-7-8-18-46(45)47-19-9-10-21-49(47)52/h1-37H. The summed E-state index contributed by atoms with van der Waals surface area (Å²) in [5, 5.41) is 8.77. The van der Waals surface area contributed by atoms with Gasteiger partial charge in [0.25, 0.3) is 0 Å². The quantitative estimate of drug-likeness (QED) is 0.151. The third kappa shape index (κ3) is 5.72. The Morgan fingerprint density at radius 1 is 0.246 bits per heavy atom. The van der Waals surface area contributed by atoms with E-state index >= 15 is 0 Å². The highest BCUT2D eigenvalue weighted by Gasteiger charge is 2.18. The van der Waals surface area contributed by atoms with E-state index in [1.807, 2.05) is 0 Å². The number of rotatable bonds is 6. The molecule has 0 amide bonds. The van der Waals surface area contributed by atoms with Crippen LogP contribution in [0.15, 0.2) is 225 Å². The maximum Gasteiger partial charge on any atom is 0.0535 e. The number of benzene rings is 10. The second kappa shape index (κ2) is 13.7. The summed E-state index contributed by atoms with van der Waals surface area (Å²) in [5.41, 5.74) is 14.5. The molecule has 0 atom stereocenters. The minimum absolute atomic E-state index is 1.16. The molecule has 0 spiro atoms. The van der Waals surface area contributed by atoms with Gasteiger partial charge in [0.05, 0.1) is 11.2 Å². The van der Waals surface area contributed by atoms with E-state index in [4.69, 9.17) is 0 Å². The van der Waals surface area contributed by atoms with Crippen molar-refractivity contribution in [2.45, 2.75) is 0 Å². The van der Waals surface area contributed by atoms with E-state index < -0.39 is 0 Å². The van der Waals surface area contributed by atoms with Crippen molar-refractivity contribution in [3.63, 3.8) is 0 Å². The molecule has 11 aromatic rings. The molecular weight excluding hydrogens is 687 g/mol. The van der Waals surface area contributed by atoms with Gasteiger partial charge in [0.1, 0.15) is 0 Å². The minimum atomic E-state index is 1.16. The van der Waals surface area contributed by atoms with Gasteiger partial charge >= 0.3 is 0 Å². The van der Waals surface area contributed by atoms with Crippen LogP contribution in [0, 0.1) is 0 Å². The largest absolute Gasteiger partial charge is 0.315 e. The number of aromatic nitrogens is 1. The Hall–Kier alpha value is -7.48. The van der Waals surface area contributed by atoms with Gasteiger partial charge in [-0.2, -0.15) is 0 Å². The molecule has 0 N–H and O–H groups in total. The van der Waals surface area contributed by atoms with Gasteiger partial charge in [-0.3, -0.25) is 0 Å². The van der Waals surface area contributed by atoms with E-state index in [-0.39, 0.29) is 0 Å². The Kier molecular flexibility index (Phi) is 7.89. The lowest BCUT2D eigenvalue weighted by molar-refractivity contribution is 1.14. The topological polar surface area (TPSA) is 4.93 Å². The lowest BCUT2D eigenvalue weighted by Gasteiger charge is -2.16. The van der Waals surface area contributed by atoms with Crippen molar-refractivity contribution in [3.05, 3.63) is 225 Å². The van der Waals surface area contributed by atoms with E-state index in [0.717, 1.165) is 5.69 Å². The van der Waals surface area contributed by atoms with Crippen molar-refractivity contribution in [1.29, 1.82) is 0 Å². The predicted octanol–water partition coefficient (Wildman–Crippen LogP) is 15.4. The van der Waals surface area contributed by atoms with Crippen LogP contribution in [-0.4, -0.2) is 4.57 Å². The second-order valence-electron chi connectivity index (χ2n) is 14.9. The zero-order valence-corrected chi connectivity index (χ0v) is 31.3. The first-order valence-corrected chi connectivity index (χ1v) is 19.7. The monoisotopic (exact) mass is 723 g/mol. The molecule has 0 saturated heterocycles. The van der Waals surface area contributed by atoms with Gasteiger partial charge in [-0.1, -0.05) is 194 Å². The summed E-state index contributed by atoms with van der Waals surface area (Å²) in [6.45, 7) is 0. The third-order valence-corrected chi connectivity index (χ3v) is 11.7. The molecule has 1 heterocycles. The van der Waals surface area contributed by atoms with E-state index in [1.165, 1.54) is 98.9 Å². The molecular formula is C56H37N. The number of fused-ring (bicyclic) bond motifs is 5. The van der Waals surface area contributed by atoms with E-state index in [2.05, 4.69) is 229 Å². The van der Waals surface area contributed by atoms with Crippen LogP contribution < -0.4 is 0 Å². The average Bonchev–Trinajstić information content (AvgIpc) is 3.68. The molecule has 57 heavy (non-hydrogen) atoms. The lowest BCUT2D eigenvalue weighted by Crippen LogP contribution is -1.95. The second-order valence-corrected chi connectivity index (χ2v) is 14.9. The maximum absolute atomic E-state index is 2.41. The SMILES string of the molecule is c1ccc(-c2ccc(-c3ccc4c(c3)c(-c3ccc(-c5ccccc5)cc3)cn4-c3ccc(-c4cc5ccccc5c5ccccc45)c4ccccc34)cc2)cc1. The van der Waals surface area contributed by atoms with Crippen LogP contribution in [0.3, 0.4) is 0 Å². The van der Waals surface area contributed by atoms with Crippen LogP contribution in [0.2, 0.25) is 0 Å². The Labute approximate surface area is 332 Å². The van der Waals surface area contributed by atoms with Crippen LogP contribution in [0.1, 0.15) is 0 Å². The summed E-state index contributed by atoms with van der Waals surface area (Å²) >= 11 is 0. The molecule has 0 unspecified atom stereocenters. The zero-order valence-electron chi connectivity index (χ0n) is 31.3. The third-order valence-electron chi connectivity index (χ3n) is 11.7. The Morgan fingerprint density at radius 2 is 0.719 bits per heavy atom. The Balaban J connectivity index is 1.09. The molecule has 266 valence electrons. The fourth-order valence-electron chi connectivity index (χ4n) is 8.80. The first kappa shape index (κ1) is 32.9. The molecule has 10 aromatic carbocycles.